The van der Waals surface area contributed by atoms with Crippen molar-refractivity contribution in [1.29, 1.82) is 0 Å². The highest BCUT2D eigenvalue weighted by atomic mass is 35.5. The summed E-state index contributed by atoms with van der Waals surface area (Å²) in [4.78, 5) is 15.9. The van der Waals surface area contributed by atoms with Crippen LogP contribution < -0.4 is 5.32 Å². The molecule has 0 fully saturated rings. The summed E-state index contributed by atoms with van der Waals surface area (Å²) in [7, 11) is 0. The van der Waals surface area contributed by atoms with E-state index >= 15 is 0 Å². The zero-order chi connectivity index (χ0) is 24.2. The summed E-state index contributed by atoms with van der Waals surface area (Å²) in [6.07, 6.45) is 4.59. The van der Waals surface area contributed by atoms with Gasteiger partial charge in [0.15, 0.2) is 5.78 Å². The number of amidine groups is 1. The molecule has 0 saturated heterocycles. The van der Waals surface area contributed by atoms with E-state index in [2.05, 4.69) is 29.9 Å². The molecule has 0 unspecified atom stereocenters. The second-order valence-electron chi connectivity index (χ2n) is 7.23. The number of aryl methyl sites for hydroxylation is 1. The van der Waals surface area contributed by atoms with Gasteiger partial charge < -0.3 is 5.32 Å². The first kappa shape index (κ1) is 26.1. The molecule has 0 saturated carbocycles. The molecule has 0 amide bonds. The number of rotatable bonds is 6. The third-order valence-corrected chi connectivity index (χ3v) is 5.10. The second kappa shape index (κ2) is 13.4. The Balaban J connectivity index is 0.000000357. The molecule has 0 aliphatic heterocycles. The van der Waals surface area contributed by atoms with Crippen molar-refractivity contribution in [1.82, 2.24) is 0 Å². The third-order valence-electron chi connectivity index (χ3n) is 4.62. The number of allylic oxidation sites excluding steroid dienone is 2. The van der Waals surface area contributed by atoms with Crippen molar-refractivity contribution < 1.29 is 4.79 Å². The van der Waals surface area contributed by atoms with Crippen LogP contribution in [0.3, 0.4) is 0 Å². The molecule has 0 atom stereocenters. The number of carbonyl (C=O) groups excluding carboxylic acids is 1. The number of carbonyl (C=O) groups is 1. The molecule has 0 aliphatic rings. The topological polar surface area (TPSA) is 41.5 Å². The Hall–Kier alpha value is -3.14. The molecule has 1 N–H and O–H groups in total. The molecule has 3 aromatic rings. The van der Waals surface area contributed by atoms with Crippen LogP contribution in [0.15, 0.2) is 96.5 Å². The maximum atomic E-state index is 11.3. The number of hydrogen-bond acceptors (Lipinski definition) is 2. The fourth-order valence-corrected chi connectivity index (χ4v) is 3.23. The van der Waals surface area contributed by atoms with Crippen LogP contribution in [-0.2, 0) is 6.42 Å². The number of Topliss-reactive ketones (excluding diaryl/α,β-unsaturated/α-hetero) is 1. The average Bonchev–Trinajstić information content (AvgIpc) is 2.80. The normalized spacial score (nSPS) is 11.3. The first-order valence-electron chi connectivity index (χ1n) is 10.6. The van der Waals surface area contributed by atoms with E-state index in [-0.39, 0.29) is 5.78 Å². The Labute approximate surface area is 206 Å². The van der Waals surface area contributed by atoms with Crippen LogP contribution in [0.1, 0.15) is 42.3 Å². The molecule has 0 radical (unpaired) electrons. The van der Waals surface area contributed by atoms with Crippen molar-refractivity contribution in [2.75, 3.05) is 5.32 Å². The third kappa shape index (κ3) is 9.09. The molecule has 0 spiro atoms. The van der Waals surface area contributed by atoms with E-state index in [1.165, 1.54) is 5.56 Å². The molecule has 5 heteroatoms. The van der Waals surface area contributed by atoms with Gasteiger partial charge in [-0.3, -0.25) is 4.79 Å². The van der Waals surface area contributed by atoms with E-state index in [1.54, 1.807) is 25.1 Å². The van der Waals surface area contributed by atoms with E-state index < -0.39 is 0 Å². The zero-order valence-corrected chi connectivity index (χ0v) is 20.6. The summed E-state index contributed by atoms with van der Waals surface area (Å²) in [6.45, 7) is 9.28. The Morgan fingerprint density at radius 1 is 0.939 bits per heavy atom. The number of nitrogens with zero attached hydrogens (tertiary/aromatic N) is 1. The predicted molar refractivity (Wildman–Crippen MR) is 144 cm³/mol. The molecule has 0 aromatic heterocycles. The van der Waals surface area contributed by atoms with Crippen LogP contribution in [0.25, 0.3) is 5.70 Å². The number of ketones is 1. The van der Waals surface area contributed by atoms with E-state index in [1.807, 2.05) is 67.6 Å². The highest BCUT2D eigenvalue weighted by molar-refractivity contribution is 6.30. The van der Waals surface area contributed by atoms with Crippen molar-refractivity contribution in [2.24, 2.45) is 4.99 Å². The van der Waals surface area contributed by atoms with Gasteiger partial charge in [-0.05, 0) is 80.4 Å². The fraction of sp³-hybridized carbons (Fsp3) is 0.143. The molecule has 33 heavy (non-hydrogen) atoms. The number of benzene rings is 3. The molecule has 170 valence electrons. The second-order valence-corrected chi connectivity index (χ2v) is 8.11. The molecular weight excluding hydrogens is 451 g/mol. The van der Waals surface area contributed by atoms with Gasteiger partial charge in [0.1, 0.15) is 5.84 Å². The predicted octanol–water partition coefficient (Wildman–Crippen LogP) is 8.50. The van der Waals surface area contributed by atoms with Gasteiger partial charge in [-0.1, -0.05) is 67.0 Å². The first-order chi connectivity index (χ1) is 15.8. The monoisotopic (exact) mass is 478 g/mol. The smallest absolute Gasteiger partial charge is 0.159 e. The van der Waals surface area contributed by atoms with Crippen LogP contribution >= 0.6 is 23.2 Å². The fourth-order valence-electron chi connectivity index (χ4n) is 2.89. The van der Waals surface area contributed by atoms with Gasteiger partial charge in [0, 0.05) is 26.9 Å². The van der Waals surface area contributed by atoms with Crippen LogP contribution in [0.4, 0.5) is 5.69 Å². The quantitative estimate of drug-likeness (QED) is 0.167. The Kier molecular flexibility index (Phi) is 10.6. The van der Waals surface area contributed by atoms with Crippen molar-refractivity contribution >= 4 is 46.2 Å². The average molecular weight is 479 g/mol. The van der Waals surface area contributed by atoms with Crippen molar-refractivity contribution in [3.63, 3.8) is 0 Å². The lowest BCUT2D eigenvalue weighted by Crippen LogP contribution is -2.07. The summed E-state index contributed by atoms with van der Waals surface area (Å²) >= 11 is 11.7. The first-order valence-corrected chi connectivity index (χ1v) is 11.3. The van der Waals surface area contributed by atoms with E-state index in [0.717, 1.165) is 34.2 Å². The number of nitrogens with one attached hydrogen (secondary N) is 1. The lowest BCUT2D eigenvalue weighted by Gasteiger charge is -2.08. The van der Waals surface area contributed by atoms with Gasteiger partial charge >= 0.3 is 0 Å². The number of hydrogen-bond donors (Lipinski definition) is 1. The maximum Gasteiger partial charge on any atom is 0.159 e. The minimum Gasteiger partial charge on any atom is -0.344 e. The van der Waals surface area contributed by atoms with Gasteiger partial charge in [0.25, 0.3) is 0 Å². The SMILES string of the molecule is C=C/C=C(\N=C(C)Nc1ccc(C(C)=O)cc1)c1ccc(Cl)cc1.CCc1cccc(Cl)c1. The van der Waals surface area contributed by atoms with Gasteiger partial charge in [-0.15, -0.1) is 0 Å². The molecule has 0 heterocycles. The highest BCUT2D eigenvalue weighted by Gasteiger charge is 2.03. The lowest BCUT2D eigenvalue weighted by molar-refractivity contribution is 0.101. The Morgan fingerprint density at radius 2 is 1.58 bits per heavy atom. The van der Waals surface area contributed by atoms with Gasteiger partial charge in [0.05, 0.1) is 5.70 Å². The number of anilines is 1. The highest BCUT2D eigenvalue weighted by Crippen LogP contribution is 2.20. The lowest BCUT2D eigenvalue weighted by atomic mass is 10.1. The van der Waals surface area contributed by atoms with E-state index in [4.69, 9.17) is 23.2 Å². The van der Waals surface area contributed by atoms with Crippen molar-refractivity contribution in [3.8, 4) is 0 Å². The van der Waals surface area contributed by atoms with Crippen LogP contribution in [0.5, 0.6) is 0 Å². The van der Waals surface area contributed by atoms with Crippen LogP contribution in [-0.4, -0.2) is 11.6 Å². The summed E-state index contributed by atoms with van der Waals surface area (Å²) in [5.41, 5.74) is 4.58. The molecule has 3 aromatic carbocycles. The largest absolute Gasteiger partial charge is 0.344 e. The number of aliphatic imine (C=N–C) groups is 1. The molecular formula is C28H28Cl2N2O. The van der Waals surface area contributed by atoms with E-state index in [0.29, 0.717) is 10.6 Å². The van der Waals surface area contributed by atoms with Gasteiger partial charge in [-0.2, -0.15) is 0 Å². The molecule has 0 bridgehead atoms. The van der Waals surface area contributed by atoms with Crippen molar-refractivity contribution in [2.45, 2.75) is 27.2 Å². The minimum atomic E-state index is 0.0471. The van der Waals surface area contributed by atoms with Crippen LogP contribution in [0, 0.1) is 0 Å². The van der Waals surface area contributed by atoms with Crippen molar-refractivity contribution in [3.05, 3.63) is 118 Å². The van der Waals surface area contributed by atoms with Crippen LogP contribution in [0.2, 0.25) is 10.0 Å². The number of halogens is 2. The summed E-state index contributed by atoms with van der Waals surface area (Å²) in [5.74, 6) is 0.777. The van der Waals surface area contributed by atoms with E-state index in [9.17, 15) is 4.79 Å². The molecule has 3 nitrogen and oxygen atoms in total. The zero-order valence-electron chi connectivity index (χ0n) is 19.1. The summed E-state index contributed by atoms with van der Waals surface area (Å²) in [6, 6.07) is 22.7. The minimum absolute atomic E-state index is 0.0471. The molecule has 0 aliphatic carbocycles. The standard InChI is InChI=1S/C20H19ClN2O.C8H9Cl/c1-4-5-20(17-6-10-18(21)11-7-17)23-15(3)22-19-12-8-16(9-13-19)14(2)24;1-2-7-4-3-5-8(9)6-7/h4-13H,1H2,2-3H3,(H,22,23);3-6H,2H2,1H3/b20-5-;. The Morgan fingerprint density at radius 3 is 2.09 bits per heavy atom. The summed E-state index contributed by atoms with van der Waals surface area (Å²) in [5, 5.41) is 4.73. The molecule has 3 rings (SSSR count). The summed E-state index contributed by atoms with van der Waals surface area (Å²) < 4.78 is 0. The maximum absolute atomic E-state index is 11.3. The Bertz CT molecular complexity index is 1130. The van der Waals surface area contributed by atoms with Gasteiger partial charge in [0.2, 0.25) is 0 Å². The van der Waals surface area contributed by atoms with Gasteiger partial charge in [-0.25, -0.2) is 4.99 Å².